The van der Waals surface area contributed by atoms with E-state index in [1.165, 1.54) is 97.7 Å². The topological polar surface area (TPSA) is 147 Å². The first kappa shape index (κ1) is 50.4. The van der Waals surface area contributed by atoms with Gasteiger partial charge in [0.25, 0.3) is 0 Å². The predicted molar refractivity (Wildman–Crippen MR) is 340 cm³/mol. The Labute approximate surface area is 498 Å². The van der Waals surface area contributed by atoms with Gasteiger partial charge in [0.1, 0.15) is 57.5 Å². The number of hydrogen-bond acceptors (Lipinski definition) is 13. The van der Waals surface area contributed by atoms with Crippen LogP contribution in [0.3, 0.4) is 0 Å². The van der Waals surface area contributed by atoms with Gasteiger partial charge in [-0.25, -0.2) is 0 Å². The van der Waals surface area contributed by atoms with Crippen LogP contribution in [0.4, 0.5) is 0 Å². The molecule has 0 fully saturated rings. The lowest BCUT2D eigenvalue weighted by Crippen LogP contribution is -2.30. The van der Waals surface area contributed by atoms with Gasteiger partial charge < -0.3 is 0 Å². The van der Waals surface area contributed by atoms with E-state index in [0.29, 0.717) is 22.2 Å². The molecule has 0 spiro atoms. The zero-order valence-electron chi connectivity index (χ0n) is 44.8. The van der Waals surface area contributed by atoms with Crippen molar-refractivity contribution in [2.75, 3.05) is 0 Å². The van der Waals surface area contributed by atoms with E-state index in [9.17, 15) is 21.0 Å². The van der Waals surface area contributed by atoms with E-state index >= 15 is 0 Å². The highest BCUT2D eigenvalue weighted by molar-refractivity contribution is 7.31. The molecule has 13 heteroatoms. The second-order valence-corrected chi connectivity index (χ2v) is 25.7. The molecule has 8 nitrogen and oxygen atoms in total. The third-order valence-corrected chi connectivity index (χ3v) is 21.4. The second kappa shape index (κ2) is 19.0. The van der Waals surface area contributed by atoms with Gasteiger partial charge in [0.15, 0.2) is 0 Å². The molecule has 5 aromatic heterocycles. The summed E-state index contributed by atoms with van der Waals surface area (Å²) in [6.45, 7) is 8.62. The van der Waals surface area contributed by atoms with Gasteiger partial charge in [-0.3, -0.25) is 0 Å². The molecule has 13 aromatic rings. The van der Waals surface area contributed by atoms with Gasteiger partial charge >= 0.3 is 0 Å². The summed E-state index contributed by atoms with van der Waals surface area (Å²) in [5, 5.41) is 39.7. The highest BCUT2D eigenvalue weighted by Crippen LogP contribution is 2.67. The van der Waals surface area contributed by atoms with Gasteiger partial charge in [0, 0.05) is 51.8 Å². The van der Waals surface area contributed by atoms with Crippen molar-refractivity contribution in [2.24, 2.45) is 0 Å². The van der Waals surface area contributed by atoms with Crippen LogP contribution in [0.25, 0.3) is 96.2 Å². The first-order valence-electron chi connectivity index (χ1n) is 26.7. The van der Waals surface area contributed by atoms with Gasteiger partial charge in [-0.05, 0) is 137 Å². The fourth-order valence-corrected chi connectivity index (χ4v) is 18.0. The van der Waals surface area contributed by atoms with Crippen LogP contribution in [0, 0.1) is 73.0 Å². The van der Waals surface area contributed by atoms with E-state index in [4.69, 9.17) is 8.75 Å². The molecule has 83 heavy (non-hydrogen) atoms. The molecule has 8 aromatic carbocycles. The Kier molecular flexibility index (Phi) is 11.6. The van der Waals surface area contributed by atoms with Gasteiger partial charge in [-0.15, -0.1) is 34.0 Å². The number of aryl methyl sites for hydroxylation is 4. The molecule has 5 heterocycles. The quantitative estimate of drug-likeness (QED) is 0.137. The summed E-state index contributed by atoms with van der Waals surface area (Å²) in [7, 11) is 0. The SMILES string of the molecule is Cc1ccc(C2(c3ccc(C)cc3)c3cc4c(cc3-c3cc5cc(-c6ccc(C=C(C#N)C#N)c7nsnc67)sc5cc32)C(c2ccc(C)cc2)(c2ccc(C)cc2)c2c-4sc3cc(-c4ccc(C=C(C#N)C#N)c5nsnc45)sc23)cc1. The predicted octanol–water partition coefficient (Wildman–Crippen LogP) is 18.3. The molecule has 0 saturated heterocycles. The minimum absolute atomic E-state index is 0.0117. The van der Waals surface area contributed by atoms with E-state index in [0.717, 1.165) is 65.5 Å². The van der Waals surface area contributed by atoms with Crippen LogP contribution in [0.5, 0.6) is 0 Å². The van der Waals surface area contributed by atoms with Gasteiger partial charge in [0.05, 0.1) is 39.0 Å². The Bertz CT molecular complexity index is 5050. The maximum absolute atomic E-state index is 9.66. The number of aromatic nitrogens is 4. The molecular formula is C70H40N8S5. The molecule has 0 bridgehead atoms. The molecule has 2 aliphatic rings. The van der Waals surface area contributed by atoms with Crippen LogP contribution in [0.15, 0.2) is 169 Å². The van der Waals surface area contributed by atoms with Gasteiger partial charge in [-0.1, -0.05) is 144 Å². The smallest absolute Gasteiger partial charge is 0.130 e. The largest absolute Gasteiger partial charge is 0.192 e. The van der Waals surface area contributed by atoms with Crippen molar-refractivity contribution in [1.82, 2.24) is 17.5 Å². The maximum atomic E-state index is 9.66. The molecule has 0 saturated carbocycles. The summed E-state index contributed by atoms with van der Waals surface area (Å²) in [5.74, 6) is 0. The van der Waals surface area contributed by atoms with E-state index in [1.54, 1.807) is 34.8 Å². The summed E-state index contributed by atoms with van der Waals surface area (Å²) in [4.78, 5) is 3.37. The lowest BCUT2D eigenvalue weighted by atomic mass is 9.65. The Morgan fingerprint density at radius 1 is 0.398 bits per heavy atom. The van der Waals surface area contributed by atoms with E-state index in [1.807, 2.05) is 53.8 Å². The highest BCUT2D eigenvalue weighted by Gasteiger charge is 2.53. The van der Waals surface area contributed by atoms with Crippen molar-refractivity contribution >= 4 is 111 Å². The van der Waals surface area contributed by atoms with Crippen molar-refractivity contribution in [3.63, 3.8) is 0 Å². The normalized spacial score (nSPS) is 13.2. The van der Waals surface area contributed by atoms with Crippen molar-refractivity contribution < 1.29 is 0 Å². The van der Waals surface area contributed by atoms with Crippen molar-refractivity contribution in [3.8, 4) is 66.7 Å². The average molecular weight is 1150 g/mol. The lowest BCUT2D eigenvalue weighted by molar-refractivity contribution is 0.762. The van der Waals surface area contributed by atoms with Crippen LogP contribution in [-0.4, -0.2) is 17.5 Å². The minimum atomic E-state index is -0.743. The van der Waals surface area contributed by atoms with Crippen LogP contribution in [0.2, 0.25) is 0 Å². The van der Waals surface area contributed by atoms with Crippen LogP contribution in [-0.2, 0) is 10.8 Å². The number of hydrogen-bond donors (Lipinski definition) is 0. The van der Waals surface area contributed by atoms with Crippen molar-refractivity contribution in [1.29, 1.82) is 21.0 Å². The molecule has 0 amide bonds. The number of allylic oxidation sites excluding steroid dienone is 2. The third-order valence-electron chi connectivity index (χ3n) is 16.7. The molecule has 0 aliphatic heterocycles. The van der Waals surface area contributed by atoms with Crippen LogP contribution >= 0.6 is 57.5 Å². The standard InChI is InChI=1S/C70H40N8S5/c1-37-5-15-46(16-6-37)69(47-17-7-38(2)8-18-47)55-30-54-56(29-53(55)52-27-45-28-59(79-58(45)31-57(52)69)50-23-13-43(25-41(33-71)34-72)63-65(50)77-82-75-63)70(48-19-9-39(3)10-20-48,49-21-11-40(4)12-22-49)62-67(54)81-61-32-60(80-68(61)62)51-24-14-44(26-42(35-73)36-74)64-66(51)78-83-76-64/h5-32H,1-4H3. The fourth-order valence-electron chi connectivity index (χ4n) is 12.9. The van der Waals surface area contributed by atoms with Crippen molar-refractivity contribution in [3.05, 3.63) is 247 Å². The summed E-state index contributed by atoms with van der Waals surface area (Å²) in [5.41, 5.74) is 22.7. The molecule has 390 valence electrons. The molecule has 2 aliphatic carbocycles. The molecule has 0 radical (unpaired) electrons. The number of rotatable bonds is 8. The summed E-state index contributed by atoms with van der Waals surface area (Å²) in [6, 6.07) is 67.2. The molecule has 0 N–H and O–H groups in total. The zero-order chi connectivity index (χ0) is 56.5. The monoisotopic (exact) mass is 1150 g/mol. The fraction of sp³-hybridized carbons (Fsp3) is 0.0857. The molecular weight excluding hydrogens is 1110 g/mol. The van der Waals surface area contributed by atoms with E-state index in [2.05, 4.69) is 176 Å². The lowest BCUT2D eigenvalue weighted by Gasteiger charge is -2.35. The minimum Gasteiger partial charge on any atom is -0.192 e. The Hall–Kier alpha value is -9.54. The molecule has 15 rings (SSSR count). The van der Waals surface area contributed by atoms with Gasteiger partial charge in [0.2, 0.25) is 0 Å². The number of thiophene rings is 3. The first-order chi connectivity index (χ1) is 40.5. The zero-order valence-corrected chi connectivity index (χ0v) is 48.9. The molecule has 0 atom stereocenters. The Morgan fingerprint density at radius 2 is 0.819 bits per heavy atom. The highest BCUT2D eigenvalue weighted by atomic mass is 32.1. The number of nitriles is 4. The third kappa shape index (κ3) is 7.40. The van der Waals surface area contributed by atoms with Crippen molar-refractivity contribution in [2.45, 2.75) is 38.5 Å². The van der Waals surface area contributed by atoms with Crippen LogP contribution in [0.1, 0.15) is 77.9 Å². The van der Waals surface area contributed by atoms with E-state index < -0.39 is 10.8 Å². The average Bonchev–Trinajstić information content (AvgIpc) is 1.62. The van der Waals surface area contributed by atoms with E-state index in [-0.39, 0.29) is 11.1 Å². The second-order valence-electron chi connectivity index (χ2n) is 21.5. The maximum Gasteiger partial charge on any atom is 0.130 e. The number of fused-ring (bicyclic) bond motifs is 11. The number of benzene rings is 8. The van der Waals surface area contributed by atoms with Gasteiger partial charge in [-0.2, -0.15) is 38.5 Å². The van der Waals surface area contributed by atoms with Crippen LogP contribution < -0.4 is 0 Å². The summed E-state index contributed by atoms with van der Waals surface area (Å²) in [6.07, 6.45) is 3.18. The summed E-state index contributed by atoms with van der Waals surface area (Å²) < 4.78 is 22.5. The number of nitrogens with zero attached hydrogens (tertiary/aromatic N) is 8. The Morgan fingerprint density at radius 3 is 1.31 bits per heavy atom. The summed E-state index contributed by atoms with van der Waals surface area (Å²) >= 11 is 7.65. The Balaban J connectivity index is 1.02. The first-order valence-corrected chi connectivity index (χ1v) is 30.6. The molecule has 0 unspecified atom stereocenters.